The van der Waals surface area contributed by atoms with E-state index in [0.29, 0.717) is 27.6 Å². The third kappa shape index (κ3) is 4.85. The number of nitro groups is 1. The molecule has 0 amide bonds. The minimum atomic E-state index is -0.744. The Morgan fingerprint density at radius 2 is 1.93 bits per heavy atom. The van der Waals surface area contributed by atoms with Gasteiger partial charge in [-0.05, 0) is 43.3 Å². The molecule has 0 unspecified atom stereocenters. The smallest absolute Gasteiger partial charge is 0.316 e. The highest BCUT2D eigenvalue weighted by Crippen LogP contribution is 2.38. The van der Waals surface area contributed by atoms with E-state index in [1.807, 2.05) is 0 Å². The van der Waals surface area contributed by atoms with Crippen LogP contribution in [-0.2, 0) is 4.79 Å². The van der Waals surface area contributed by atoms with E-state index in [2.05, 4.69) is 10.1 Å². The lowest BCUT2D eigenvalue weighted by atomic mass is 10.2. The number of hydrogen-bond donors (Lipinski definition) is 0. The summed E-state index contributed by atoms with van der Waals surface area (Å²) in [5.41, 5.74) is 0.173. The van der Waals surface area contributed by atoms with Gasteiger partial charge in [-0.3, -0.25) is 19.7 Å². The number of nitro benzene ring substituents is 1. The monoisotopic (exact) mass is 542 g/mol. The maximum absolute atomic E-state index is 13.6. The van der Waals surface area contributed by atoms with Crippen molar-refractivity contribution < 1.29 is 28.3 Å². The lowest BCUT2D eigenvalue weighted by molar-refractivity contribution is -0.385. The predicted octanol–water partition coefficient (Wildman–Crippen LogP) is 4.93. The Morgan fingerprint density at radius 1 is 1.12 bits per heavy atom. The molecule has 0 aliphatic heterocycles. The Kier molecular flexibility index (Phi) is 6.98. The molecule has 0 bridgehead atoms. The fourth-order valence-electron chi connectivity index (χ4n) is 4.16. The van der Waals surface area contributed by atoms with Crippen LogP contribution in [0.1, 0.15) is 19.4 Å². The summed E-state index contributed by atoms with van der Waals surface area (Å²) < 4.78 is 23.1. The van der Waals surface area contributed by atoms with Crippen LogP contribution in [0.25, 0.3) is 33.5 Å². The first kappa shape index (κ1) is 26.1. The molecule has 0 fully saturated rings. The van der Waals surface area contributed by atoms with Crippen molar-refractivity contribution in [3.63, 3.8) is 0 Å². The molecular formula is C28H22N4O8. The van der Waals surface area contributed by atoms with Gasteiger partial charge >= 0.3 is 11.7 Å². The molecule has 0 saturated carbocycles. The van der Waals surface area contributed by atoms with Gasteiger partial charge < -0.3 is 18.6 Å². The van der Waals surface area contributed by atoms with E-state index in [1.165, 1.54) is 12.3 Å². The number of carbonyl (C=O) groups excluding carboxylic acids is 1. The lowest BCUT2D eigenvalue weighted by Crippen LogP contribution is -2.20. The highest BCUT2D eigenvalue weighted by atomic mass is 16.6. The molecule has 0 saturated heterocycles. The maximum atomic E-state index is 13.6. The van der Waals surface area contributed by atoms with Crippen molar-refractivity contribution in [2.45, 2.75) is 13.8 Å². The highest BCUT2D eigenvalue weighted by molar-refractivity contribution is 5.89. The number of nitrogens with zero attached hydrogens (tertiary/aromatic N) is 4. The van der Waals surface area contributed by atoms with Crippen molar-refractivity contribution in [1.82, 2.24) is 9.66 Å². The molecule has 0 aliphatic carbocycles. The van der Waals surface area contributed by atoms with E-state index in [9.17, 15) is 19.7 Å². The summed E-state index contributed by atoms with van der Waals surface area (Å²) in [5.74, 6) is -0.152. The number of hydrogen-bond acceptors (Lipinski definition) is 10. The number of rotatable bonds is 8. The van der Waals surface area contributed by atoms with Crippen LogP contribution in [0.2, 0.25) is 0 Å². The summed E-state index contributed by atoms with van der Waals surface area (Å²) in [6.45, 7) is 2.96. The number of esters is 1. The molecule has 0 atom stereocenters. The van der Waals surface area contributed by atoms with Crippen molar-refractivity contribution >= 4 is 39.7 Å². The Balaban J connectivity index is 1.70. The van der Waals surface area contributed by atoms with Crippen LogP contribution in [0.4, 0.5) is 5.69 Å². The van der Waals surface area contributed by atoms with Crippen LogP contribution in [0.5, 0.6) is 17.2 Å². The zero-order valence-electron chi connectivity index (χ0n) is 21.6. The molecule has 5 rings (SSSR count). The van der Waals surface area contributed by atoms with Gasteiger partial charge in [0.1, 0.15) is 11.3 Å². The molecule has 12 heteroatoms. The summed E-state index contributed by atoms with van der Waals surface area (Å²) in [6.07, 6.45) is 1.25. The lowest BCUT2D eigenvalue weighted by Gasteiger charge is -2.11. The average Bonchev–Trinajstić information content (AvgIpc) is 3.38. The molecule has 0 spiro atoms. The number of fused-ring (bicyclic) bond motifs is 2. The third-order valence-corrected chi connectivity index (χ3v) is 5.84. The van der Waals surface area contributed by atoms with Gasteiger partial charge in [0.15, 0.2) is 11.5 Å². The van der Waals surface area contributed by atoms with Gasteiger partial charge in [-0.15, -0.1) is 0 Å². The number of methoxy groups -OCH3 is 1. The fraction of sp³-hybridized carbons (Fsp3) is 0.143. The molecule has 0 N–H and O–H groups in total. The minimum Gasteiger partial charge on any atom is -0.496 e. The zero-order valence-corrected chi connectivity index (χ0v) is 21.6. The second-order valence-electron chi connectivity index (χ2n) is 8.45. The van der Waals surface area contributed by atoms with Crippen molar-refractivity contribution in [1.29, 1.82) is 0 Å². The summed E-state index contributed by atoms with van der Waals surface area (Å²) in [4.78, 5) is 40.9. The highest BCUT2D eigenvalue weighted by Gasteiger charge is 2.24. The molecule has 40 heavy (non-hydrogen) atoms. The first-order valence-corrected chi connectivity index (χ1v) is 12.1. The van der Waals surface area contributed by atoms with Gasteiger partial charge in [0, 0.05) is 18.6 Å². The Morgan fingerprint density at radius 3 is 2.65 bits per heavy atom. The first-order valence-electron chi connectivity index (χ1n) is 12.1. The molecular weight excluding hydrogens is 520 g/mol. The molecule has 0 aliphatic rings. The van der Waals surface area contributed by atoms with Crippen LogP contribution in [0.3, 0.4) is 0 Å². The van der Waals surface area contributed by atoms with Crippen molar-refractivity contribution in [2.24, 2.45) is 5.10 Å². The van der Waals surface area contributed by atoms with Crippen LogP contribution < -0.4 is 19.8 Å². The second kappa shape index (κ2) is 10.7. The Bertz CT molecular complexity index is 1870. The van der Waals surface area contributed by atoms with Gasteiger partial charge in [0.2, 0.25) is 11.6 Å². The van der Waals surface area contributed by atoms with Crippen molar-refractivity contribution in [3.8, 4) is 28.8 Å². The molecule has 12 nitrogen and oxygen atoms in total. The van der Waals surface area contributed by atoms with E-state index in [0.717, 1.165) is 17.7 Å². The molecule has 5 aromatic rings. The molecule has 3 aromatic carbocycles. The third-order valence-electron chi connectivity index (χ3n) is 5.84. The Labute approximate surface area is 226 Å². The molecule has 2 heterocycles. The Hall–Kier alpha value is -5.52. The van der Waals surface area contributed by atoms with E-state index >= 15 is 0 Å². The summed E-state index contributed by atoms with van der Waals surface area (Å²) in [6, 6.07) is 16.4. The SMILES string of the molecule is CCOc1cc(C=Nn2c(-c3cc4c(OC)cccc4o3)nc3ccccc3c2=O)cc([N+](=O)[O-])c1OC(C)=O. The van der Waals surface area contributed by atoms with Crippen LogP contribution in [0, 0.1) is 10.1 Å². The quantitative estimate of drug-likeness (QED) is 0.0874. The summed E-state index contributed by atoms with van der Waals surface area (Å²) in [5, 5.41) is 17.1. The maximum Gasteiger partial charge on any atom is 0.316 e. The van der Waals surface area contributed by atoms with Gasteiger partial charge in [0.25, 0.3) is 5.56 Å². The van der Waals surface area contributed by atoms with Crippen molar-refractivity contribution in [3.05, 3.63) is 86.7 Å². The fourth-order valence-corrected chi connectivity index (χ4v) is 4.16. The van der Waals surface area contributed by atoms with E-state index < -0.39 is 22.1 Å². The number of furan rings is 1. The topological polar surface area (TPSA) is 148 Å². The van der Waals surface area contributed by atoms with Crippen LogP contribution in [-0.4, -0.2) is 40.5 Å². The number of para-hydroxylation sites is 1. The minimum absolute atomic E-state index is 0.0260. The first-order chi connectivity index (χ1) is 19.3. The number of carbonyl (C=O) groups is 1. The van der Waals surface area contributed by atoms with Gasteiger partial charge in [-0.25, -0.2) is 4.98 Å². The molecule has 0 radical (unpaired) electrons. The molecule has 202 valence electrons. The number of benzene rings is 3. The normalized spacial score (nSPS) is 11.3. The molecule has 2 aromatic heterocycles. The zero-order chi connectivity index (χ0) is 28.4. The van der Waals surface area contributed by atoms with Crippen LogP contribution >= 0.6 is 0 Å². The summed E-state index contributed by atoms with van der Waals surface area (Å²) >= 11 is 0. The van der Waals surface area contributed by atoms with E-state index in [-0.39, 0.29) is 35.3 Å². The average molecular weight is 543 g/mol. The standard InChI is InChI=1S/C28H22N4O8/c1-4-38-24-13-17(12-21(32(35)36)26(24)39-16(2)33)15-29-31-27(30-20-9-6-5-8-18(20)28(31)34)25-14-19-22(37-3)10-7-11-23(19)40-25/h5-15H,4H2,1-3H3. The van der Waals surface area contributed by atoms with Gasteiger partial charge in [-0.1, -0.05) is 18.2 Å². The van der Waals surface area contributed by atoms with E-state index in [4.69, 9.17) is 18.6 Å². The van der Waals surface area contributed by atoms with Gasteiger partial charge in [-0.2, -0.15) is 9.78 Å². The van der Waals surface area contributed by atoms with E-state index in [1.54, 1.807) is 62.6 Å². The largest absolute Gasteiger partial charge is 0.496 e. The summed E-state index contributed by atoms with van der Waals surface area (Å²) in [7, 11) is 1.54. The second-order valence-corrected chi connectivity index (χ2v) is 8.45. The number of ether oxygens (including phenoxy) is 3. The van der Waals surface area contributed by atoms with Crippen molar-refractivity contribution in [2.75, 3.05) is 13.7 Å². The van der Waals surface area contributed by atoms with Gasteiger partial charge in [0.05, 0.1) is 41.1 Å². The predicted molar refractivity (Wildman–Crippen MR) is 146 cm³/mol. The van der Waals surface area contributed by atoms with Crippen LogP contribution in [0.15, 0.2) is 75.0 Å². The number of aromatic nitrogens is 2.